The van der Waals surface area contributed by atoms with Crippen LogP contribution in [0.4, 0.5) is 0 Å². The molecule has 1 aromatic carbocycles. The highest BCUT2D eigenvalue weighted by Gasteiger charge is 2.13. The molecular formula is C9H9ClINO2. The highest BCUT2D eigenvalue weighted by molar-refractivity contribution is 14.1. The summed E-state index contributed by atoms with van der Waals surface area (Å²) in [7, 11) is 0. The number of nitrogens with two attached hydrogens (primary N) is 1. The van der Waals surface area contributed by atoms with Crippen molar-refractivity contribution >= 4 is 40.2 Å². The molecule has 1 aromatic rings. The van der Waals surface area contributed by atoms with E-state index in [0.29, 0.717) is 11.4 Å². The number of aliphatic carboxylic acids is 1. The Labute approximate surface area is 100 Å². The number of hydrogen-bond acceptors (Lipinski definition) is 2. The van der Waals surface area contributed by atoms with Crippen LogP contribution in [0.1, 0.15) is 5.56 Å². The van der Waals surface area contributed by atoms with E-state index < -0.39 is 12.0 Å². The Kier molecular flexibility index (Phi) is 4.15. The first kappa shape index (κ1) is 11.7. The summed E-state index contributed by atoms with van der Waals surface area (Å²) in [6.45, 7) is 0. The minimum Gasteiger partial charge on any atom is -0.480 e. The molecule has 0 spiro atoms. The first-order chi connectivity index (χ1) is 6.50. The van der Waals surface area contributed by atoms with E-state index in [0.717, 1.165) is 9.13 Å². The van der Waals surface area contributed by atoms with E-state index in [-0.39, 0.29) is 0 Å². The highest BCUT2D eigenvalue weighted by atomic mass is 127. The van der Waals surface area contributed by atoms with Gasteiger partial charge in [-0.15, -0.1) is 0 Å². The Morgan fingerprint density at radius 2 is 2.29 bits per heavy atom. The number of carbonyl (C=O) groups is 1. The molecule has 76 valence electrons. The van der Waals surface area contributed by atoms with Gasteiger partial charge >= 0.3 is 5.97 Å². The minimum atomic E-state index is -0.990. The van der Waals surface area contributed by atoms with Crippen molar-refractivity contribution in [3.8, 4) is 0 Å². The molecule has 0 radical (unpaired) electrons. The maximum absolute atomic E-state index is 10.5. The van der Waals surface area contributed by atoms with Gasteiger partial charge in [-0.05, 0) is 46.7 Å². The summed E-state index contributed by atoms with van der Waals surface area (Å²) in [5, 5.41) is 9.28. The topological polar surface area (TPSA) is 63.3 Å². The van der Waals surface area contributed by atoms with Gasteiger partial charge in [-0.3, -0.25) is 4.79 Å². The van der Waals surface area contributed by atoms with Gasteiger partial charge in [0.05, 0.1) is 0 Å². The van der Waals surface area contributed by atoms with Gasteiger partial charge in [0.1, 0.15) is 6.04 Å². The molecule has 0 aliphatic heterocycles. The number of carboxylic acid groups (broad SMARTS) is 1. The number of rotatable bonds is 3. The largest absolute Gasteiger partial charge is 0.480 e. The minimum absolute atomic E-state index is 0.324. The van der Waals surface area contributed by atoms with Crippen LogP contribution in [0, 0.1) is 3.57 Å². The third-order valence-electron chi connectivity index (χ3n) is 1.77. The molecule has 0 heterocycles. The van der Waals surface area contributed by atoms with Crippen LogP contribution < -0.4 is 5.73 Å². The second-order valence-corrected chi connectivity index (χ2v) is 4.48. The first-order valence-electron chi connectivity index (χ1n) is 3.93. The summed E-state index contributed by atoms with van der Waals surface area (Å²) in [5.41, 5.74) is 6.33. The fourth-order valence-corrected chi connectivity index (χ4v) is 2.10. The Morgan fingerprint density at radius 3 is 2.79 bits per heavy atom. The van der Waals surface area contributed by atoms with Crippen LogP contribution in [-0.2, 0) is 11.2 Å². The molecule has 3 nitrogen and oxygen atoms in total. The summed E-state index contributed by atoms with van der Waals surface area (Å²) >= 11 is 7.87. The molecule has 0 amide bonds. The molecule has 0 fully saturated rings. The third kappa shape index (κ3) is 3.11. The van der Waals surface area contributed by atoms with Gasteiger partial charge in [0.15, 0.2) is 0 Å². The summed E-state index contributed by atoms with van der Waals surface area (Å²) in [4.78, 5) is 10.5. The maximum atomic E-state index is 10.5. The summed E-state index contributed by atoms with van der Waals surface area (Å²) < 4.78 is 0.937. The van der Waals surface area contributed by atoms with Crippen molar-refractivity contribution in [1.29, 1.82) is 0 Å². The van der Waals surface area contributed by atoms with Gasteiger partial charge in [0.2, 0.25) is 0 Å². The SMILES string of the molecule is NC(Cc1ccc(Cl)cc1I)C(=O)O. The second-order valence-electron chi connectivity index (χ2n) is 2.88. The smallest absolute Gasteiger partial charge is 0.320 e. The average molecular weight is 326 g/mol. The zero-order valence-corrected chi connectivity index (χ0v) is 10.1. The van der Waals surface area contributed by atoms with Gasteiger partial charge < -0.3 is 10.8 Å². The lowest BCUT2D eigenvalue weighted by molar-refractivity contribution is -0.138. The molecule has 1 atom stereocenters. The van der Waals surface area contributed by atoms with E-state index >= 15 is 0 Å². The lowest BCUT2D eigenvalue weighted by Gasteiger charge is -2.08. The lowest BCUT2D eigenvalue weighted by Crippen LogP contribution is -2.32. The van der Waals surface area contributed by atoms with Crippen molar-refractivity contribution in [2.24, 2.45) is 5.73 Å². The molecule has 0 saturated carbocycles. The Balaban J connectivity index is 2.82. The van der Waals surface area contributed by atoms with E-state index in [2.05, 4.69) is 22.6 Å². The van der Waals surface area contributed by atoms with Crippen molar-refractivity contribution in [2.75, 3.05) is 0 Å². The molecule has 3 N–H and O–H groups in total. The van der Waals surface area contributed by atoms with Crippen LogP contribution in [0.25, 0.3) is 0 Å². The predicted octanol–water partition coefficient (Wildman–Crippen LogP) is 1.90. The van der Waals surface area contributed by atoms with Crippen molar-refractivity contribution in [2.45, 2.75) is 12.5 Å². The average Bonchev–Trinajstić information content (AvgIpc) is 2.09. The van der Waals surface area contributed by atoms with Crippen molar-refractivity contribution < 1.29 is 9.90 Å². The molecule has 1 rings (SSSR count). The van der Waals surface area contributed by atoms with E-state index in [1.54, 1.807) is 18.2 Å². The molecule has 14 heavy (non-hydrogen) atoms. The second kappa shape index (κ2) is 4.95. The maximum Gasteiger partial charge on any atom is 0.320 e. The van der Waals surface area contributed by atoms with Crippen LogP contribution in [0.15, 0.2) is 18.2 Å². The van der Waals surface area contributed by atoms with Gasteiger partial charge in [-0.1, -0.05) is 17.7 Å². The monoisotopic (exact) mass is 325 g/mol. The molecule has 5 heteroatoms. The van der Waals surface area contributed by atoms with E-state index in [1.165, 1.54) is 0 Å². The Bertz CT molecular complexity index is 357. The predicted molar refractivity (Wildman–Crippen MR) is 63.5 cm³/mol. The molecule has 0 aliphatic carbocycles. The zero-order chi connectivity index (χ0) is 10.7. The van der Waals surface area contributed by atoms with Crippen molar-refractivity contribution in [1.82, 2.24) is 0 Å². The third-order valence-corrected chi connectivity index (χ3v) is 3.01. The van der Waals surface area contributed by atoms with E-state index in [1.807, 2.05) is 0 Å². The first-order valence-corrected chi connectivity index (χ1v) is 5.38. The number of halogens is 2. The van der Waals surface area contributed by atoms with Crippen LogP contribution in [-0.4, -0.2) is 17.1 Å². The number of benzene rings is 1. The fourth-order valence-electron chi connectivity index (χ4n) is 1.01. The lowest BCUT2D eigenvalue weighted by atomic mass is 10.1. The van der Waals surface area contributed by atoms with Crippen molar-refractivity contribution in [3.05, 3.63) is 32.4 Å². The molecule has 0 saturated heterocycles. The molecule has 0 aromatic heterocycles. The zero-order valence-electron chi connectivity index (χ0n) is 7.21. The van der Waals surface area contributed by atoms with Gasteiger partial charge in [-0.25, -0.2) is 0 Å². The summed E-state index contributed by atoms with van der Waals surface area (Å²) in [6, 6.07) is 4.46. The van der Waals surface area contributed by atoms with Gasteiger partial charge in [-0.2, -0.15) is 0 Å². The standard InChI is InChI=1S/C9H9ClINO2/c10-6-2-1-5(7(11)4-6)3-8(12)9(13)14/h1-2,4,8H,3,12H2,(H,13,14). The Morgan fingerprint density at radius 1 is 1.64 bits per heavy atom. The normalized spacial score (nSPS) is 12.5. The molecular weight excluding hydrogens is 316 g/mol. The molecule has 0 aliphatic rings. The van der Waals surface area contributed by atoms with Crippen LogP contribution in [0.5, 0.6) is 0 Å². The number of carboxylic acids is 1. The van der Waals surface area contributed by atoms with E-state index in [9.17, 15) is 4.79 Å². The summed E-state index contributed by atoms with van der Waals surface area (Å²) in [5.74, 6) is -0.990. The van der Waals surface area contributed by atoms with Gasteiger partial charge in [0.25, 0.3) is 0 Å². The Hall–Kier alpha value is -0.330. The van der Waals surface area contributed by atoms with E-state index in [4.69, 9.17) is 22.4 Å². The van der Waals surface area contributed by atoms with Crippen LogP contribution in [0.2, 0.25) is 5.02 Å². The van der Waals surface area contributed by atoms with Crippen molar-refractivity contribution in [3.63, 3.8) is 0 Å². The highest BCUT2D eigenvalue weighted by Crippen LogP contribution is 2.18. The molecule has 1 unspecified atom stereocenters. The van der Waals surface area contributed by atoms with Crippen LogP contribution in [0.3, 0.4) is 0 Å². The van der Waals surface area contributed by atoms with Crippen LogP contribution >= 0.6 is 34.2 Å². The number of hydrogen-bond donors (Lipinski definition) is 2. The van der Waals surface area contributed by atoms with Gasteiger partial charge in [0, 0.05) is 8.59 Å². The fraction of sp³-hybridized carbons (Fsp3) is 0.222. The molecule has 0 bridgehead atoms. The quantitative estimate of drug-likeness (QED) is 0.834. The summed E-state index contributed by atoms with van der Waals surface area (Å²) in [6.07, 6.45) is 0.324.